The van der Waals surface area contributed by atoms with Gasteiger partial charge in [-0.1, -0.05) is 23.8 Å². The lowest BCUT2D eigenvalue weighted by Crippen LogP contribution is -2.18. The standard InChI is InChI=1S/C15H21N3O/c1-10-5-6-11(2)12(7-10)8-13(16)15-14(19-4)9-17-18(15)3/h5-7,9,13H,8,16H2,1-4H3. The number of nitrogens with two attached hydrogens (primary N) is 1. The zero-order chi connectivity index (χ0) is 14.0. The van der Waals surface area contributed by atoms with Crippen LogP contribution in [-0.4, -0.2) is 16.9 Å². The quantitative estimate of drug-likeness (QED) is 0.916. The van der Waals surface area contributed by atoms with Crippen LogP contribution in [0.3, 0.4) is 0 Å². The van der Waals surface area contributed by atoms with Crippen molar-refractivity contribution < 1.29 is 4.74 Å². The fourth-order valence-corrected chi connectivity index (χ4v) is 2.36. The van der Waals surface area contributed by atoms with Crippen molar-refractivity contribution in [1.29, 1.82) is 0 Å². The predicted octanol–water partition coefficient (Wildman–Crippen LogP) is 2.29. The van der Waals surface area contributed by atoms with Crippen molar-refractivity contribution in [3.63, 3.8) is 0 Å². The van der Waals surface area contributed by atoms with Gasteiger partial charge in [0.05, 0.1) is 25.0 Å². The Hall–Kier alpha value is -1.81. The van der Waals surface area contributed by atoms with E-state index in [0.29, 0.717) is 0 Å². The molecule has 0 spiro atoms. The van der Waals surface area contributed by atoms with Crippen molar-refractivity contribution >= 4 is 0 Å². The summed E-state index contributed by atoms with van der Waals surface area (Å²) in [6.07, 6.45) is 2.49. The summed E-state index contributed by atoms with van der Waals surface area (Å²) in [5.41, 5.74) is 11.1. The van der Waals surface area contributed by atoms with Crippen LogP contribution in [0.25, 0.3) is 0 Å². The lowest BCUT2D eigenvalue weighted by atomic mass is 9.97. The van der Waals surface area contributed by atoms with Gasteiger partial charge in [0.15, 0.2) is 5.75 Å². The molecule has 0 saturated heterocycles. The second-order valence-electron chi connectivity index (χ2n) is 4.96. The molecule has 0 fully saturated rings. The molecular weight excluding hydrogens is 238 g/mol. The number of nitrogens with zero attached hydrogens (tertiary/aromatic N) is 2. The van der Waals surface area contributed by atoms with E-state index in [0.717, 1.165) is 17.9 Å². The van der Waals surface area contributed by atoms with E-state index in [4.69, 9.17) is 10.5 Å². The molecule has 0 saturated carbocycles. The van der Waals surface area contributed by atoms with Crippen LogP contribution in [0.1, 0.15) is 28.4 Å². The Balaban J connectivity index is 2.27. The summed E-state index contributed by atoms with van der Waals surface area (Å²) in [6.45, 7) is 4.21. The molecule has 1 atom stereocenters. The molecule has 0 bridgehead atoms. The molecule has 1 heterocycles. The largest absolute Gasteiger partial charge is 0.493 e. The number of aryl methyl sites for hydroxylation is 3. The number of methoxy groups -OCH3 is 1. The van der Waals surface area contributed by atoms with E-state index in [1.54, 1.807) is 18.0 Å². The highest BCUT2D eigenvalue weighted by Gasteiger charge is 2.18. The lowest BCUT2D eigenvalue weighted by molar-refractivity contribution is 0.402. The van der Waals surface area contributed by atoms with Crippen molar-refractivity contribution in [1.82, 2.24) is 9.78 Å². The van der Waals surface area contributed by atoms with Crippen molar-refractivity contribution in [3.8, 4) is 5.75 Å². The normalized spacial score (nSPS) is 12.5. The molecule has 1 aromatic heterocycles. The van der Waals surface area contributed by atoms with Crippen LogP contribution in [0.4, 0.5) is 0 Å². The molecule has 1 aromatic carbocycles. The van der Waals surface area contributed by atoms with Gasteiger partial charge in [-0.05, 0) is 31.4 Å². The number of hydrogen-bond acceptors (Lipinski definition) is 3. The van der Waals surface area contributed by atoms with Crippen LogP contribution >= 0.6 is 0 Å². The Labute approximate surface area is 114 Å². The first-order valence-corrected chi connectivity index (χ1v) is 6.40. The smallest absolute Gasteiger partial charge is 0.161 e. The maximum atomic E-state index is 6.33. The summed E-state index contributed by atoms with van der Waals surface area (Å²) in [4.78, 5) is 0. The highest BCUT2D eigenvalue weighted by Crippen LogP contribution is 2.26. The summed E-state index contributed by atoms with van der Waals surface area (Å²) < 4.78 is 7.10. The van der Waals surface area contributed by atoms with Gasteiger partial charge in [-0.2, -0.15) is 5.10 Å². The van der Waals surface area contributed by atoms with E-state index in [9.17, 15) is 0 Å². The molecule has 2 aromatic rings. The van der Waals surface area contributed by atoms with Gasteiger partial charge in [-0.25, -0.2) is 0 Å². The van der Waals surface area contributed by atoms with Crippen LogP contribution in [-0.2, 0) is 13.5 Å². The second-order valence-corrected chi connectivity index (χ2v) is 4.96. The maximum absolute atomic E-state index is 6.33. The first-order valence-electron chi connectivity index (χ1n) is 6.40. The van der Waals surface area contributed by atoms with Crippen LogP contribution < -0.4 is 10.5 Å². The third-order valence-electron chi connectivity index (χ3n) is 3.46. The third-order valence-corrected chi connectivity index (χ3v) is 3.46. The highest BCUT2D eigenvalue weighted by atomic mass is 16.5. The summed E-state index contributed by atoms with van der Waals surface area (Å²) in [7, 11) is 3.53. The minimum absolute atomic E-state index is 0.122. The molecule has 4 nitrogen and oxygen atoms in total. The van der Waals surface area contributed by atoms with Gasteiger partial charge in [-0.15, -0.1) is 0 Å². The van der Waals surface area contributed by atoms with Crippen molar-refractivity contribution in [3.05, 3.63) is 46.8 Å². The third kappa shape index (κ3) is 2.79. The zero-order valence-corrected chi connectivity index (χ0v) is 12.0. The van der Waals surface area contributed by atoms with E-state index in [1.165, 1.54) is 16.7 Å². The predicted molar refractivity (Wildman–Crippen MR) is 76.3 cm³/mol. The molecule has 2 rings (SSSR count). The summed E-state index contributed by atoms with van der Waals surface area (Å²) >= 11 is 0. The van der Waals surface area contributed by atoms with Crippen LogP contribution in [0.5, 0.6) is 5.75 Å². The molecule has 0 aliphatic carbocycles. The molecule has 1 unspecified atom stereocenters. The number of rotatable bonds is 4. The first kappa shape index (κ1) is 13.6. The molecule has 0 aliphatic rings. The molecule has 2 N–H and O–H groups in total. The maximum Gasteiger partial charge on any atom is 0.161 e. The SMILES string of the molecule is COc1cnn(C)c1C(N)Cc1cc(C)ccc1C. The molecule has 0 aliphatic heterocycles. The Bertz CT molecular complexity index is 575. The van der Waals surface area contributed by atoms with Crippen molar-refractivity contribution in [2.45, 2.75) is 26.3 Å². The minimum Gasteiger partial charge on any atom is -0.493 e. The Kier molecular flexibility index (Phi) is 3.90. The summed E-state index contributed by atoms with van der Waals surface area (Å²) in [6, 6.07) is 6.33. The van der Waals surface area contributed by atoms with E-state index in [1.807, 2.05) is 7.05 Å². The van der Waals surface area contributed by atoms with Gasteiger partial charge in [0, 0.05) is 7.05 Å². The summed E-state index contributed by atoms with van der Waals surface area (Å²) in [5, 5.41) is 4.20. The van der Waals surface area contributed by atoms with Gasteiger partial charge in [-0.3, -0.25) is 4.68 Å². The topological polar surface area (TPSA) is 53.1 Å². The molecule has 4 heteroatoms. The number of benzene rings is 1. The van der Waals surface area contributed by atoms with Gasteiger partial charge in [0.2, 0.25) is 0 Å². The molecule has 0 radical (unpaired) electrons. The molecule has 0 amide bonds. The van der Waals surface area contributed by atoms with Crippen molar-refractivity contribution in [2.75, 3.05) is 7.11 Å². The number of aromatic nitrogens is 2. The lowest BCUT2D eigenvalue weighted by Gasteiger charge is -2.16. The van der Waals surface area contributed by atoms with Crippen LogP contribution in [0, 0.1) is 13.8 Å². The van der Waals surface area contributed by atoms with E-state index >= 15 is 0 Å². The van der Waals surface area contributed by atoms with Crippen LogP contribution in [0.2, 0.25) is 0 Å². The average Bonchev–Trinajstić information content (AvgIpc) is 2.75. The first-order chi connectivity index (χ1) is 9.02. The van der Waals surface area contributed by atoms with Gasteiger partial charge in [0.25, 0.3) is 0 Å². The highest BCUT2D eigenvalue weighted by molar-refractivity contribution is 5.34. The minimum atomic E-state index is -0.122. The van der Waals surface area contributed by atoms with Gasteiger partial charge >= 0.3 is 0 Å². The average molecular weight is 259 g/mol. The van der Waals surface area contributed by atoms with Crippen molar-refractivity contribution in [2.24, 2.45) is 12.8 Å². The Morgan fingerprint density at radius 3 is 2.79 bits per heavy atom. The van der Waals surface area contributed by atoms with E-state index in [2.05, 4.69) is 37.1 Å². The second kappa shape index (κ2) is 5.45. The van der Waals surface area contributed by atoms with Crippen LogP contribution in [0.15, 0.2) is 24.4 Å². The molecule has 102 valence electrons. The van der Waals surface area contributed by atoms with Gasteiger partial charge in [0.1, 0.15) is 0 Å². The number of hydrogen-bond donors (Lipinski definition) is 1. The Morgan fingerprint density at radius 2 is 2.11 bits per heavy atom. The van der Waals surface area contributed by atoms with Gasteiger partial charge < -0.3 is 10.5 Å². The van der Waals surface area contributed by atoms with E-state index < -0.39 is 0 Å². The monoisotopic (exact) mass is 259 g/mol. The fourth-order valence-electron chi connectivity index (χ4n) is 2.36. The zero-order valence-electron chi connectivity index (χ0n) is 12.0. The fraction of sp³-hybridized carbons (Fsp3) is 0.400. The summed E-state index contributed by atoms with van der Waals surface area (Å²) in [5.74, 6) is 0.750. The number of ether oxygens (including phenoxy) is 1. The van der Waals surface area contributed by atoms with E-state index in [-0.39, 0.29) is 6.04 Å². The molecule has 19 heavy (non-hydrogen) atoms. The Morgan fingerprint density at radius 1 is 1.37 bits per heavy atom. The molecular formula is C15H21N3O.